The summed E-state index contributed by atoms with van der Waals surface area (Å²) in [6, 6.07) is 33.3. The third-order valence-corrected chi connectivity index (χ3v) is 7.86. The molecule has 0 bridgehead atoms. The van der Waals surface area contributed by atoms with Gasteiger partial charge in [0.05, 0.1) is 0 Å². The molecule has 0 atom stereocenters. The van der Waals surface area contributed by atoms with Gasteiger partial charge in [-0.1, -0.05) is 116 Å². The molecule has 2 heterocycles. The Bertz CT molecular complexity index is 2170. The van der Waals surface area contributed by atoms with Gasteiger partial charge >= 0.3 is 0 Å². The molecule has 0 fully saturated rings. The van der Waals surface area contributed by atoms with E-state index < -0.39 is 0 Å². The Kier molecular flexibility index (Phi) is 9.45. The van der Waals surface area contributed by atoms with Gasteiger partial charge in [-0.2, -0.15) is 0 Å². The van der Waals surface area contributed by atoms with E-state index in [1.54, 1.807) is 18.5 Å². The highest BCUT2D eigenvalue weighted by Crippen LogP contribution is 2.35. The minimum absolute atomic E-state index is 0.563. The molecule has 0 unspecified atom stereocenters. The molecule has 0 saturated heterocycles. The molecule has 6 rings (SSSR count). The van der Waals surface area contributed by atoms with Crippen LogP contribution in [0.25, 0.3) is 61.4 Å². The fourth-order valence-electron chi connectivity index (χ4n) is 5.32. The van der Waals surface area contributed by atoms with E-state index in [0.29, 0.717) is 23.3 Å². The van der Waals surface area contributed by atoms with Crippen molar-refractivity contribution in [2.24, 2.45) is 0 Å². The molecule has 0 spiro atoms. The predicted octanol–water partition coefficient (Wildman–Crippen LogP) is 10.5. The van der Waals surface area contributed by atoms with Gasteiger partial charge in [0, 0.05) is 29.1 Å². The zero-order valence-corrected chi connectivity index (χ0v) is 26.8. The first-order chi connectivity index (χ1) is 23.0. The second-order valence-corrected chi connectivity index (χ2v) is 11.1. The molecule has 0 saturated carbocycles. The third kappa shape index (κ3) is 7.10. The normalized spacial score (nSPS) is 12.5. The minimum Gasteiger partial charge on any atom is -0.237 e. The summed E-state index contributed by atoms with van der Waals surface area (Å²) in [4.78, 5) is 23.7. The molecular formula is C42H35N5. The molecule has 2 aromatic heterocycles. The number of fused-ring (bicyclic) bond motifs is 1. The lowest BCUT2D eigenvalue weighted by Crippen LogP contribution is -2.02. The highest BCUT2D eigenvalue weighted by molar-refractivity contribution is 5.98. The van der Waals surface area contributed by atoms with E-state index in [4.69, 9.17) is 15.0 Å². The predicted molar refractivity (Wildman–Crippen MR) is 196 cm³/mol. The maximum atomic E-state index is 5.03. The molecule has 0 aliphatic heterocycles. The number of benzene rings is 4. The summed E-state index contributed by atoms with van der Waals surface area (Å²) in [5.41, 5.74) is 7.95. The van der Waals surface area contributed by atoms with E-state index in [1.165, 1.54) is 10.8 Å². The molecular weight excluding hydrogens is 574 g/mol. The van der Waals surface area contributed by atoms with E-state index in [-0.39, 0.29) is 0 Å². The average Bonchev–Trinajstić information content (AvgIpc) is 3.14. The van der Waals surface area contributed by atoms with Crippen LogP contribution in [-0.4, -0.2) is 24.9 Å². The molecule has 0 N–H and O–H groups in total. The van der Waals surface area contributed by atoms with Gasteiger partial charge in [0.2, 0.25) is 0 Å². The van der Waals surface area contributed by atoms with Crippen LogP contribution in [-0.2, 0) is 0 Å². The second kappa shape index (κ2) is 14.4. The molecule has 228 valence electrons. The number of hydrogen-bond acceptors (Lipinski definition) is 5. The summed E-state index contributed by atoms with van der Waals surface area (Å²) in [5.74, 6) is 2.46. The molecule has 6 aromatic rings. The first kappa shape index (κ1) is 30.9. The molecule has 47 heavy (non-hydrogen) atoms. The number of rotatable bonds is 9. The Morgan fingerprint density at radius 1 is 0.617 bits per heavy atom. The number of nitrogens with zero attached hydrogens (tertiary/aromatic N) is 5. The van der Waals surface area contributed by atoms with Crippen molar-refractivity contribution in [2.75, 3.05) is 0 Å². The van der Waals surface area contributed by atoms with Gasteiger partial charge in [0.25, 0.3) is 0 Å². The topological polar surface area (TPSA) is 64.5 Å². The maximum Gasteiger partial charge on any atom is 0.164 e. The minimum atomic E-state index is 0.563. The van der Waals surface area contributed by atoms with Crippen molar-refractivity contribution in [1.29, 1.82) is 0 Å². The van der Waals surface area contributed by atoms with E-state index in [1.807, 2.05) is 68.5 Å². The van der Waals surface area contributed by atoms with E-state index >= 15 is 0 Å². The molecule has 0 aliphatic carbocycles. The lowest BCUT2D eigenvalue weighted by atomic mass is 9.93. The van der Waals surface area contributed by atoms with Gasteiger partial charge < -0.3 is 0 Å². The molecule has 0 radical (unpaired) electrons. The van der Waals surface area contributed by atoms with Crippen LogP contribution in [0.2, 0.25) is 0 Å². The summed E-state index contributed by atoms with van der Waals surface area (Å²) in [6.45, 7) is 10.2. The van der Waals surface area contributed by atoms with Gasteiger partial charge in [-0.3, -0.25) is 0 Å². The lowest BCUT2D eigenvalue weighted by Gasteiger charge is -2.14. The Morgan fingerprint density at radius 2 is 1.30 bits per heavy atom. The highest BCUT2D eigenvalue weighted by atomic mass is 15.0. The standard InChI is InChI=1S/C42H35N5/c1-5-7-15-31(6-2)40-45-41(33-17-9-8-10-18-33)47-42(46-40)36-27-34(29(3)22-23-30(4)39-43-24-14-25-44-39)26-35(28-36)38-21-13-19-32-16-11-12-20-37(32)38/h5-28H,2H2,1,3-4H3/b7-5-,29-22+,30-23+,31-15+. The van der Waals surface area contributed by atoms with Crippen molar-refractivity contribution >= 4 is 27.5 Å². The average molecular weight is 610 g/mol. The van der Waals surface area contributed by atoms with E-state index in [2.05, 4.69) is 96.3 Å². The Morgan fingerprint density at radius 3 is 2.06 bits per heavy atom. The summed E-state index contributed by atoms with van der Waals surface area (Å²) in [5, 5.41) is 2.37. The number of allylic oxidation sites excluding steroid dienone is 9. The van der Waals surface area contributed by atoms with Crippen LogP contribution in [0, 0.1) is 0 Å². The van der Waals surface area contributed by atoms with Crippen molar-refractivity contribution in [3.8, 4) is 33.9 Å². The quantitative estimate of drug-likeness (QED) is 0.153. The molecule has 5 nitrogen and oxygen atoms in total. The summed E-state index contributed by atoms with van der Waals surface area (Å²) in [7, 11) is 0. The van der Waals surface area contributed by atoms with Crippen LogP contribution < -0.4 is 0 Å². The van der Waals surface area contributed by atoms with Gasteiger partial charge in [-0.25, -0.2) is 24.9 Å². The van der Waals surface area contributed by atoms with Crippen molar-refractivity contribution in [2.45, 2.75) is 20.8 Å². The van der Waals surface area contributed by atoms with Crippen molar-refractivity contribution < 1.29 is 0 Å². The van der Waals surface area contributed by atoms with Crippen LogP contribution in [0.4, 0.5) is 0 Å². The molecule has 0 amide bonds. The van der Waals surface area contributed by atoms with E-state index in [9.17, 15) is 0 Å². The fourth-order valence-corrected chi connectivity index (χ4v) is 5.32. The Balaban J connectivity index is 1.57. The maximum absolute atomic E-state index is 5.03. The first-order valence-corrected chi connectivity index (χ1v) is 15.6. The second-order valence-electron chi connectivity index (χ2n) is 11.1. The third-order valence-electron chi connectivity index (χ3n) is 7.86. The lowest BCUT2D eigenvalue weighted by molar-refractivity contribution is 1.04. The summed E-state index contributed by atoms with van der Waals surface area (Å²) in [6.07, 6.45) is 15.4. The van der Waals surface area contributed by atoms with Crippen LogP contribution in [0.15, 0.2) is 152 Å². The van der Waals surface area contributed by atoms with Gasteiger partial charge in [-0.05, 0) is 83.6 Å². The van der Waals surface area contributed by atoms with Crippen LogP contribution >= 0.6 is 0 Å². The number of aromatic nitrogens is 5. The smallest absolute Gasteiger partial charge is 0.164 e. The Labute approximate surface area is 276 Å². The van der Waals surface area contributed by atoms with Crippen LogP contribution in [0.5, 0.6) is 0 Å². The molecule has 0 aliphatic rings. The van der Waals surface area contributed by atoms with Crippen LogP contribution in [0.3, 0.4) is 0 Å². The largest absolute Gasteiger partial charge is 0.237 e. The van der Waals surface area contributed by atoms with Gasteiger partial charge in [0.1, 0.15) is 0 Å². The Hall–Kier alpha value is -6.07. The summed E-state index contributed by atoms with van der Waals surface area (Å²) < 4.78 is 0. The highest BCUT2D eigenvalue weighted by Gasteiger charge is 2.15. The zero-order chi connectivity index (χ0) is 32.6. The first-order valence-electron chi connectivity index (χ1n) is 15.6. The number of hydrogen-bond donors (Lipinski definition) is 0. The van der Waals surface area contributed by atoms with Gasteiger partial charge in [-0.15, -0.1) is 0 Å². The van der Waals surface area contributed by atoms with E-state index in [0.717, 1.165) is 44.5 Å². The van der Waals surface area contributed by atoms with Crippen LogP contribution in [0.1, 0.15) is 38.0 Å². The molecule has 5 heteroatoms. The molecule has 4 aromatic carbocycles. The van der Waals surface area contributed by atoms with Crippen molar-refractivity contribution in [3.05, 3.63) is 170 Å². The monoisotopic (exact) mass is 609 g/mol. The van der Waals surface area contributed by atoms with Crippen molar-refractivity contribution in [1.82, 2.24) is 24.9 Å². The van der Waals surface area contributed by atoms with Gasteiger partial charge in [0.15, 0.2) is 23.3 Å². The zero-order valence-electron chi connectivity index (χ0n) is 26.8. The SMILES string of the molecule is C=C/C(=C\C=C/C)c1nc(-c2ccccc2)nc(-c2cc(/C(C)=C/C=C(\C)c3ncccn3)cc(-c3cccc4ccccc34)c2)n1. The van der Waals surface area contributed by atoms with Crippen molar-refractivity contribution in [3.63, 3.8) is 0 Å². The fraction of sp³-hybridized carbons (Fsp3) is 0.0714. The summed E-state index contributed by atoms with van der Waals surface area (Å²) >= 11 is 0.